The van der Waals surface area contributed by atoms with Crippen molar-refractivity contribution in [2.45, 2.75) is 20.4 Å². The monoisotopic (exact) mass is 346 g/mol. The van der Waals surface area contributed by atoms with E-state index in [9.17, 15) is 4.79 Å². The molecule has 0 unspecified atom stereocenters. The number of carbonyl (C=O) groups excluding carboxylic acids is 1. The summed E-state index contributed by atoms with van der Waals surface area (Å²) >= 11 is 0. The molecule has 1 aromatic carbocycles. The van der Waals surface area contributed by atoms with E-state index in [0.29, 0.717) is 23.6 Å². The number of aromatic amines is 1. The summed E-state index contributed by atoms with van der Waals surface area (Å²) in [5.41, 5.74) is 4.13. The molecule has 0 aliphatic heterocycles. The molecule has 7 nitrogen and oxygen atoms in total. The van der Waals surface area contributed by atoms with Crippen LogP contribution in [0.4, 0.5) is 5.82 Å². The van der Waals surface area contributed by atoms with Crippen molar-refractivity contribution in [1.29, 1.82) is 0 Å². The summed E-state index contributed by atoms with van der Waals surface area (Å²) < 4.78 is 1.76. The van der Waals surface area contributed by atoms with Crippen LogP contribution in [-0.2, 0) is 6.54 Å². The summed E-state index contributed by atoms with van der Waals surface area (Å²) in [5.74, 6) is 1.16. The Bertz CT molecular complexity index is 1080. The Balaban J connectivity index is 1.54. The molecule has 0 saturated heterocycles. The normalized spacial score (nSPS) is 11.0. The van der Waals surface area contributed by atoms with Crippen molar-refractivity contribution in [2.24, 2.45) is 0 Å². The fraction of sp³-hybridized carbons (Fsp3) is 0.158. The molecule has 2 N–H and O–H groups in total. The first kappa shape index (κ1) is 16.0. The summed E-state index contributed by atoms with van der Waals surface area (Å²) in [6.45, 7) is 4.49. The highest BCUT2D eigenvalue weighted by Crippen LogP contribution is 2.15. The van der Waals surface area contributed by atoms with Gasteiger partial charge in [-0.1, -0.05) is 29.8 Å². The van der Waals surface area contributed by atoms with Gasteiger partial charge in [0.15, 0.2) is 5.65 Å². The third-order valence-corrected chi connectivity index (χ3v) is 4.13. The summed E-state index contributed by atoms with van der Waals surface area (Å²) in [7, 11) is 0. The van der Waals surface area contributed by atoms with Gasteiger partial charge in [-0.15, -0.1) is 0 Å². The first-order chi connectivity index (χ1) is 12.6. The minimum atomic E-state index is -0.239. The van der Waals surface area contributed by atoms with Gasteiger partial charge in [0.2, 0.25) is 0 Å². The Morgan fingerprint density at radius 3 is 2.81 bits per heavy atom. The molecule has 0 bridgehead atoms. The molecule has 4 rings (SSSR count). The summed E-state index contributed by atoms with van der Waals surface area (Å²) in [5, 5.41) is 7.20. The maximum atomic E-state index is 12.6. The predicted molar refractivity (Wildman–Crippen MR) is 99.1 cm³/mol. The SMILES string of the molecule is Cc1ccc(Cn2nccc2NC(=O)c2cnc3nc(C)[nH]c3c2)cc1. The molecule has 4 aromatic rings. The number of amides is 1. The Morgan fingerprint density at radius 1 is 1.19 bits per heavy atom. The number of nitrogens with one attached hydrogen (secondary N) is 2. The van der Waals surface area contributed by atoms with Gasteiger partial charge in [0.1, 0.15) is 11.6 Å². The molecule has 0 aliphatic carbocycles. The van der Waals surface area contributed by atoms with Gasteiger partial charge in [-0.3, -0.25) is 4.79 Å². The minimum Gasteiger partial charge on any atom is -0.341 e. The largest absolute Gasteiger partial charge is 0.341 e. The highest BCUT2D eigenvalue weighted by Gasteiger charge is 2.12. The molecule has 7 heteroatoms. The molecule has 0 atom stereocenters. The number of imidazole rings is 1. The lowest BCUT2D eigenvalue weighted by Gasteiger charge is -2.09. The van der Waals surface area contributed by atoms with Crippen molar-refractivity contribution in [1.82, 2.24) is 24.7 Å². The molecule has 0 aliphatic rings. The number of nitrogens with zero attached hydrogens (tertiary/aromatic N) is 4. The van der Waals surface area contributed by atoms with Crippen LogP contribution in [0.25, 0.3) is 11.2 Å². The highest BCUT2D eigenvalue weighted by molar-refractivity contribution is 6.04. The molecule has 130 valence electrons. The smallest absolute Gasteiger partial charge is 0.258 e. The Kier molecular flexibility index (Phi) is 3.96. The Labute approximate surface area is 150 Å². The van der Waals surface area contributed by atoms with Gasteiger partial charge in [0.25, 0.3) is 5.91 Å². The highest BCUT2D eigenvalue weighted by atomic mass is 16.1. The zero-order valence-electron chi connectivity index (χ0n) is 14.5. The minimum absolute atomic E-state index is 0.239. The van der Waals surface area contributed by atoms with Gasteiger partial charge in [-0.2, -0.15) is 5.10 Å². The number of pyridine rings is 1. The van der Waals surface area contributed by atoms with Gasteiger partial charge in [0.05, 0.1) is 23.8 Å². The van der Waals surface area contributed by atoms with E-state index in [2.05, 4.69) is 56.6 Å². The molecule has 0 spiro atoms. The van der Waals surface area contributed by atoms with Gasteiger partial charge < -0.3 is 10.3 Å². The number of rotatable bonds is 4. The van der Waals surface area contributed by atoms with E-state index in [4.69, 9.17) is 0 Å². The standard InChI is InChI=1S/C19H18N6O/c1-12-3-5-14(6-4-12)11-25-17(7-8-21-25)24-19(26)15-9-16-18(20-10-15)23-13(2)22-16/h3-10H,11H2,1-2H3,(H,24,26)(H,20,22,23). The van der Waals surface area contributed by atoms with Crippen LogP contribution in [0.2, 0.25) is 0 Å². The Hall–Kier alpha value is -3.48. The van der Waals surface area contributed by atoms with Crippen LogP contribution in [0.1, 0.15) is 27.3 Å². The number of hydrogen-bond acceptors (Lipinski definition) is 4. The fourth-order valence-corrected chi connectivity index (χ4v) is 2.76. The molecule has 26 heavy (non-hydrogen) atoms. The summed E-state index contributed by atoms with van der Waals surface area (Å²) in [6.07, 6.45) is 3.20. The van der Waals surface area contributed by atoms with Gasteiger partial charge in [0, 0.05) is 12.3 Å². The van der Waals surface area contributed by atoms with E-state index in [1.165, 1.54) is 11.8 Å². The lowest BCUT2D eigenvalue weighted by Crippen LogP contribution is -2.16. The van der Waals surface area contributed by atoms with Crippen LogP contribution < -0.4 is 5.32 Å². The maximum Gasteiger partial charge on any atom is 0.258 e. The van der Waals surface area contributed by atoms with E-state index in [1.54, 1.807) is 23.0 Å². The average Bonchev–Trinajstić information content (AvgIpc) is 3.21. The molecule has 0 fully saturated rings. The number of anilines is 1. The van der Waals surface area contributed by atoms with Crippen LogP contribution in [0.15, 0.2) is 48.8 Å². The number of hydrogen-bond donors (Lipinski definition) is 2. The van der Waals surface area contributed by atoms with E-state index >= 15 is 0 Å². The second kappa shape index (κ2) is 6.44. The molecule has 0 saturated carbocycles. The number of fused-ring (bicyclic) bond motifs is 1. The second-order valence-electron chi connectivity index (χ2n) is 6.23. The van der Waals surface area contributed by atoms with Gasteiger partial charge in [-0.25, -0.2) is 14.6 Å². The number of carbonyl (C=O) groups is 1. The van der Waals surface area contributed by atoms with Crippen molar-refractivity contribution >= 4 is 22.9 Å². The third kappa shape index (κ3) is 3.19. The zero-order chi connectivity index (χ0) is 18.1. The van der Waals surface area contributed by atoms with Crippen LogP contribution in [0, 0.1) is 13.8 Å². The number of aryl methyl sites for hydroxylation is 2. The number of benzene rings is 1. The quantitative estimate of drug-likeness (QED) is 0.594. The van der Waals surface area contributed by atoms with E-state index in [-0.39, 0.29) is 5.91 Å². The van der Waals surface area contributed by atoms with Crippen LogP contribution in [0.3, 0.4) is 0 Å². The summed E-state index contributed by atoms with van der Waals surface area (Å²) in [6, 6.07) is 11.8. The van der Waals surface area contributed by atoms with Crippen molar-refractivity contribution < 1.29 is 4.79 Å². The third-order valence-electron chi connectivity index (χ3n) is 4.13. The van der Waals surface area contributed by atoms with E-state index in [0.717, 1.165) is 16.9 Å². The first-order valence-electron chi connectivity index (χ1n) is 8.29. The molecule has 0 radical (unpaired) electrons. The van der Waals surface area contributed by atoms with Crippen molar-refractivity contribution in [3.8, 4) is 0 Å². The van der Waals surface area contributed by atoms with Crippen LogP contribution >= 0.6 is 0 Å². The van der Waals surface area contributed by atoms with Gasteiger partial charge >= 0.3 is 0 Å². The van der Waals surface area contributed by atoms with Crippen molar-refractivity contribution in [2.75, 3.05) is 5.32 Å². The predicted octanol–water partition coefficient (Wildman–Crippen LogP) is 3.07. The molecule has 3 aromatic heterocycles. The second-order valence-corrected chi connectivity index (χ2v) is 6.23. The van der Waals surface area contributed by atoms with E-state index < -0.39 is 0 Å². The molecule has 3 heterocycles. The van der Waals surface area contributed by atoms with Crippen molar-refractivity contribution in [3.05, 3.63) is 71.3 Å². The molecular weight excluding hydrogens is 328 g/mol. The summed E-state index contributed by atoms with van der Waals surface area (Å²) in [4.78, 5) is 24.1. The van der Waals surface area contributed by atoms with Crippen LogP contribution in [0.5, 0.6) is 0 Å². The topological polar surface area (TPSA) is 88.5 Å². The fourth-order valence-electron chi connectivity index (χ4n) is 2.76. The average molecular weight is 346 g/mol. The van der Waals surface area contributed by atoms with Crippen molar-refractivity contribution in [3.63, 3.8) is 0 Å². The van der Waals surface area contributed by atoms with Crippen LogP contribution in [-0.4, -0.2) is 30.6 Å². The lowest BCUT2D eigenvalue weighted by molar-refractivity contribution is 0.102. The molecular formula is C19H18N6O. The lowest BCUT2D eigenvalue weighted by atomic mass is 10.1. The maximum absolute atomic E-state index is 12.6. The van der Waals surface area contributed by atoms with E-state index in [1.807, 2.05) is 6.92 Å². The Morgan fingerprint density at radius 2 is 2.00 bits per heavy atom. The zero-order valence-corrected chi connectivity index (χ0v) is 14.5. The number of aromatic nitrogens is 5. The molecule has 1 amide bonds. The first-order valence-corrected chi connectivity index (χ1v) is 8.29. The van der Waals surface area contributed by atoms with Gasteiger partial charge in [-0.05, 0) is 25.5 Å². The number of H-pyrrole nitrogens is 1.